The summed E-state index contributed by atoms with van der Waals surface area (Å²) in [7, 11) is 1.62. The third kappa shape index (κ3) is 3.65. The molecule has 1 aromatic carbocycles. The van der Waals surface area contributed by atoms with Gasteiger partial charge in [-0.15, -0.1) is 0 Å². The fourth-order valence-electron chi connectivity index (χ4n) is 2.82. The zero-order valence-electron chi connectivity index (χ0n) is 13.2. The number of rotatable bonds is 6. The molecule has 0 aliphatic carbocycles. The summed E-state index contributed by atoms with van der Waals surface area (Å²) in [5.41, 5.74) is 1.81. The van der Waals surface area contributed by atoms with Crippen LogP contribution in [0.25, 0.3) is 11.0 Å². The van der Waals surface area contributed by atoms with Gasteiger partial charge in [-0.25, -0.2) is 0 Å². The topological polar surface area (TPSA) is 72.1 Å². The number of benzene rings is 1. The molecule has 2 heterocycles. The van der Waals surface area contributed by atoms with Crippen molar-refractivity contribution in [1.82, 2.24) is 4.90 Å². The van der Waals surface area contributed by atoms with E-state index < -0.39 is 6.10 Å². The van der Waals surface area contributed by atoms with Crippen molar-refractivity contribution in [1.29, 1.82) is 0 Å². The number of carbonyl (C=O) groups excluding carboxylic acids is 1. The van der Waals surface area contributed by atoms with Gasteiger partial charge in [0.2, 0.25) is 5.91 Å². The molecule has 1 aliphatic rings. The van der Waals surface area contributed by atoms with Crippen LogP contribution in [0.2, 0.25) is 0 Å². The smallest absolute Gasteiger partial charge is 0.248 e. The first kappa shape index (κ1) is 15.8. The first-order valence-electron chi connectivity index (χ1n) is 7.75. The maximum atomic E-state index is 11.9. The lowest BCUT2D eigenvalue weighted by Crippen LogP contribution is -2.32. The molecule has 1 atom stereocenters. The average Bonchev–Trinajstić information content (AvgIpc) is 3.18. The molecule has 1 N–H and O–H groups in total. The maximum absolute atomic E-state index is 11.9. The Labute approximate surface area is 134 Å². The van der Waals surface area contributed by atoms with Crippen molar-refractivity contribution in [3.05, 3.63) is 30.0 Å². The number of aliphatic hydroxyl groups is 1. The van der Waals surface area contributed by atoms with Gasteiger partial charge in [-0.05, 0) is 30.5 Å². The lowest BCUT2D eigenvalue weighted by molar-refractivity contribution is -0.135. The summed E-state index contributed by atoms with van der Waals surface area (Å²) in [5, 5.41) is 10.5. The third-order valence-electron chi connectivity index (χ3n) is 4.11. The first-order valence-corrected chi connectivity index (χ1v) is 7.75. The highest BCUT2D eigenvalue weighted by atomic mass is 16.5. The molecule has 2 aromatic rings. The van der Waals surface area contributed by atoms with Crippen LogP contribution >= 0.6 is 0 Å². The Kier molecular flexibility index (Phi) is 4.83. The lowest BCUT2D eigenvalue weighted by atomic mass is 10.1. The SMILES string of the molecule is COc1cc2occc2cc1CCOCC(=O)N1CCC(O)C1. The number of likely N-dealkylation sites (tertiary alicyclic amines) is 1. The van der Waals surface area contributed by atoms with E-state index in [1.54, 1.807) is 18.3 Å². The predicted molar refractivity (Wildman–Crippen MR) is 84.5 cm³/mol. The lowest BCUT2D eigenvalue weighted by Gasteiger charge is -2.15. The van der Waals surface area contributed by atoms with Crippen LogP contribution in [0, 0.1) is 0 Å². The van der Waals surface area contributed by atoms with Gasteiger partial charge in [0.05, 0.1) is 26.1 Å². The molecule has 23 heavy (non-hydrogen) atoms. The summed E-state index contributed by atoms with van der Waals surface area (Å²) in [6.45, 7) is 1.49. The Hall–Kier alpha value is -2.05. The summed E-state index contributed by atoms with van der Waals surface area (Å²) in [5.74, 6) is 0.684. The van der Waals surface area contributed by atoms with Crippen molar-refractivity contribution >= 4 is 16.9 Å². The average molecular weight is 319 g/mol. The van der Waals surface area contributed by atoms with Gasteiger partial charge < -0.3 is 23.9 Å². The number of β-amino-alcohol motifs (C(OH)–C–C–N with tert-alkyl or cyclic N) is 1. The van der Waals surface area contributed by atoms with Crippen molar-refractivity contribution < 1.29 is 23.8 Å². The van der Waals surface area contributed by atoms with Crippen molar-refractivity contribution in [2.24, 2.45) is 0 Å². The van der Waals surface area contributed by atoms with E-state index in [-0.39, 0.29) is 12.5 Å². The Bertz CT molecular complexity index is 681. The number of carbonyl (C=O) groups is 1. The standard InChI is InChI=1S/C17H21NO5/c1-21-15-9-16-13(4-7-23-16)8-12(15)3-6-22-11-17(20)18-5-2-14(19)10-18/h4,7-9,14,19H,2-3,5-6,10-11H2,1H3. The molecule has 0 saturated carbocycles. The third-order valence-corrected chi connectivity index (χ3v) is 4.11. The van der Waals surface area contributed by atoms with Crippen LogP contribution in [0.4, 0.5) is 0 Å². The fourth-order valence-corrected chi connectivity index (χ4v) is 2.82. The number of nitrogens with zero attached hydrogens (tertiary/aromatic N) is 1. The quantitative estimate of drug-likeness (QED) is 0.819. The number of aliphatic hydroxyl groups excluding tert-OH is 1. The minimum atomic E-state index is -0.398. The molecule has 6 nitrogen and oxygen atoms in total. The molecule has 1 fully saturated rings. The van der Waals surface area contributed by atoms with Gasteiger partial charge in [0, 0.05) is 24.5 Å². The van der Waals surface area contributed by atoms with Crippen LogP contribution in [0.5, 0.6) is 5.75 Å². The molecule has 6 heteroatoms. The summed E-state index contributed by atoms with van der Waals surface area (Å²) in [6.07, 6.45) is 2.55. The first-order chi connectivity index (χ1) is 11.2. The largest absolute Gasteiger partial charge is 0.496 e. The van der Waals surface area contributed by atoms with Gasteiger partial charge in [0.15, 0.2) is 0 Å². The molecule has 0 spiro atoms. The maximum Gasteiger partial charge on any atom is 0.248 e. The Morgan fingerprint density at radius 3 is 3.09 bits per heavy atom. The normalized spacial score (nSPS) is 17.8. The molecular formula is C17H21NO5. The second-order valence-electron chi connectivity index (χ2n) is 5.71. The molecule has 1 aromatic heterocycles. The molecule has 124 valence electrons. The van der Waals surface area contributed by atoms with Gasteiger partial charge in [0.1, 0.15) is 17.9 Å². The zero-order chi connectivity index (χ0) is 16.2. The fraction of sp³-hybridized carbons (Fsp3) is 0.471. The number of fused-ring (bicyclic) bond motifs is 1. The van der Waals surface area contributed by atoms with E-state index in [0.29, 0.717) is 32.5 Å². The molecule has 0 radical (unpaired) electrons. The van der Waals surface area contributed by atoms with E-state index in [4.69, 9.17) is 13.9 Å². The minimum Gasteiger partial charge on any atom is -0.496 e. The van der Waals surface area contributed by atoms with E-state index in [1.807, 2.05) is 18.2 Å². The number of hydrogen-bond acceptors (Lipinski definition) is 5. The van der Waals surface area contributed by atoms with Crippen LogP contribution in [0.3, 0.4) is 0 Å². The summed E-state index contributed by atoms with van der Waals surface area (Å²) >= 11 is 0. The summed E-state index contributed by atoms with van der Waals surface area (Å²) < 4.78 is 16.2. The van der Waals surface area contributed by atoms with Gasteiger partial charge in [-0.3, -0.25) is 4.79 Å². The van der Waals surface area contributed by atoms with E-state index in [2.05, 4.69) is 0 Å². The predicted octanol–water partition coefficient (Wildman–Crippen LogP) is 1.59. The molecule has 0 bridgehead atoms. The van der Waals surface area contributed by atoms with E-state index in [9.17, 15) is 9.90 Å². The highest BCUT2D eigenvalue weighted by Gasteiger charge is 2.24. The number of hydrogen-bond donors (Lipinski definition) is 1. The zero-order valence-corrected chi connectivity index (χ0v) is 13.2. The van der Waals surface area contributed by atoms with Crippen LogP contribution in [0.15, 0.2) is 28.9 Å². The molecule has 1 amide bonds. The van der Waals surface area contributed by atoms with Gasteiger partial charge >= 0.3 is 0 Å². The van der Waals surface area contributed by atoms with Gasteiger partial charge in [-0.2, -0.15) is 0 Å². The summed E-state index contributed by atoms with van der Waals surface area (Å²) in [4.78, 5) is 13.6. The van der Waals surface area contributed by atoms with Gasteiger partial charge in [0.25, 0.3) is 0 Å². The van der Waals surface area contributed by atoms with E-state index >= 15 is 0 Å². The molecule has 1 aliphatic heterocycles. The minimum absolute atomic E-state index is 0.0446. The Morgan fingerprint density at radius 2 is 2.35 bits per heavy atom. The molecule has 3 rings (SSSR count). The second kappa shape index (κ2) is 7.02. The van der Waals surface area contributed by atoms with Crippen LogP contribution in [0.1, 0.15) is 12.0 Å². The molecular weight excluding hydrogens is 298 g/mol. The molecule has 1 saturated heterocycles. The molecule has 1 unspecified atom stereocenters. The van der Waals surface area contributed by atoms with Crippen molar-refractivity contribution in [3.63, 3.8) is 0 Å². The number of furan rings is 1. The second-order valence-corrected chi connectivity index (χ2v) is 5.71. The summed E-state index contributed by atoms with van der Waals surface area (Å²) in [6, 6.07) is 5.78. The Morgan fingerprint density at radius 1 is 1.48 bits per heavy atom. The van der Waals surface area contributed by atoms with Crippen LogP contribution in [-0.2, 0) is 16.0 Å². The van der Waals surface area contributed by atoms with E-state index in [0.717, 1.165) is 22.3 Å². The van der Waals surface area contributed by atoms with E-state index in [1.165, 1.54) is 0 Å². The van der Waals surface area contributed by atoms with Crippen LogP contribution < -0.4 is 4.74 Å². The van der Waals surface area contributed by atoms with Crippen LogP contribution in [-0.4, -0.2) is 55.4 Å². The highest BCUT2D eigenvalue weighted by Crippen LogP contribution is 2.27. The van der Waals surface area contributed by atoms with Crippen molar-refractivity contribution in [2.45, 2.75) is 18.9 Å². The monoisotopic (exact) mass is 319 g/mol. The van der Waals surface area contributed by atoms with Crippen molar-refractivity contribution in [3.8, 4) is 5.75 Å². The van der Waals surface area contributed by atoms with Gasteiger partial charge in [-0.1, -0.05) is 0 Å². The number of methoxy groups -OCH3 is 1. The highest BCUT2D eigenvalue weighted by molar-refractivity contribution is 5.80. The number of amides is 1. The Balaban J connectivity index is 1.51. The number of ether oxygens (including phenoxy) is 2. The van der Waals surface area contributed by atoms with Crippen molar-refractivity contribution in [2.75, 3.05) is 33.4 Å².